The van der Waals surface area contributed by atoms with Crippen LogP contribution in [0.25, 0.3) is 22.2 Å². The maximum Gasteiger partial charge on any atom is 0.416 e. The van der Waals surface area contributed by atoms with E-state index in [1.165, 1.54) is 37.6 Å². The molecule has 2 aromatic heterocycles. The van der Waals surface area contributed by atoms with Crippen LogP contribution in [-0.2, 0) is 56.0 Å². The van der Waals surface area contributed by atoms with Crippen LogP contribution in [0.1, 0.15) is 49.2 Å². The average molecular weight is 912 g/mol. The van der Waals surface area contributed by atoms with Crippen LogP contribution in [0.5, 0.6) is 0 Å². The molecule has 5 aromatic rings. The number of carboxylic acid groups (broad SMARTS) is 2. The number of aliphatic carboxylic acids is 2. The lowest BCUT2D eigenvalue weighted by Gasteiger charge is -2.44. The SMILES string of the molecule is COC(=O)C(C)(C)N1CCC(N(Cc2ccc(-c3ccc(C(F)(F)F)cc3)cc2)C(=O)Cn2c(CCc3cccc(F)c3F)nc(=O)c3cccnc32)CC1.O=C(O)[C@H](O)[C@@H](O)C(=O)O. The van der Waals surface area contributed by atoms with E-state index in [1.54, 1.807) is 47.6 Å². The largest absolute Gasteiger partial charge is 0.479 e. The van der Waals surface area contributed by atoms with Crippen molar-refractivity contribution in [3.8, 4) is 11.1 Å². The van der Waals surface area contributed by atoms with E-state index in [9.17, 15) is 45.9 Å². The Morgan fingerprint density at radius 2 is 1.43 bits per heavy atom. The minimum atomic E-state index is -4.45. The lowest BCUT2D eigenvalue weighted by atomic mass is 9.95. The van der Waals surface area contributed by atoms with Gasteiger partial charge in [0.1, 0.15) is 23.6 Å². The molecule has 1 amide bonds. The number of fused-ring (bicyclic) bond motifs is 1. The topological polar surface area (TPSA) is 213 Å². The minimum absolute atomic E-state index is 0.00595. The van der Waals surface area contributed by atoms with Crippen molar-refractivity contribution in [3.05, 3.63) is 130 Å². The highest BCUT2D eigenvalue weighted by atomic mass is 19.4. The molecule has 346 valence electrons. The Hall–Kier alpha value is -6.64. The molecule has 0 aliphatic carbocycles. The van der Waals surface area contributed by atoms with Gasteiger partial charge >= 0.3 is 24.1 Å². The molecule has 0 bridgehead atoms. The van der Waals surface area contributed by atoms with E-state index in [2.05, 4.69) is 9.97 Å². The number of likely N-dealkylation sites (tertiary alicyclic amines) is 1. The van der Waals surface area contributed by atoms with E-state index in [0.29, 0.717) is 37.1 Å². The number of esters is 1. The van der Waals surface area contributed by atoms with E-state index in [-0.39, 0.29) is 66.3 Å². The smallest absolute Gasteiger partial charge is 0.416 e. The molecule has 65 heavy (non-hydrogen) atoms. The number of benzene rings is 3. The molecule has 3 aromatic carbocycles. The standard InChI is InChI=1S/C41H40F5N5O4.C4H6O6/c1-40(2,39(54)55-3)49-22-19-31(20-23-49)50(24-26-9-11-27(12-10-26)28-13-16-30(17-14-28)41(44,45)46)35(52)25-51-34(18-15-29-6-4-8-33(42)36(29)43)48-38(53)32-7-5-21-47-37(32)51;5-1(3(7)8)2(6)4(9)10/h4-14,16-17,21,31H,15,18-20,22-25H2,1-3H3;1-2,5-6H,(H,7,8)(H,9,10)/t;1-,2-/m.1/s1. The number of amides is 1. The van der Waals surface area contributed by atoms with Crippen molar-refractivity contribution in [2.75, 3.05) is 20.2 Å². The Morgan fingerprint density at radius 3 is 1.98 bits per heavy atom. The Morgan fingerprint density at radius 1 is 0.846 bits per heavy atom. The van der Waals surface area contributed by atoms with Crippen LogP contribution >= 0.6 is 0 Å². The number of aliphatic hydroxyl groups is 2. The van der Waals surface area contributed by atoms with Gasteiger partial charge in [-0.15, -0.1) is 0 Å². The van der Waals surface area contributed by atoms with Gasteiger partial charge in [-0.05, 0) is 85.7 Å². The number of nitrogens with zero attached hydrogens (tertiary/aromatic N) is 5. The average Bonchev–Trinajstić information content (AvgIpc) is 3.29. The maximum atomic E-state index is 14.6. The number of rotatable bonds is 14. The molecule has 20 heteroatoms. The number of piperidine rings is 1. The summed E-state index contributed by atoms with van der Waals surface area (Å²) in [4.78, 5) is 72.2. The van der Waals surface area contributed by atoms with Gasteiger partial charge in [-0.3, -0.25) is 19.3 Å². The zero-order valence-corrected chi connectivity index (χ0v) is 35.3. The molecule has 0 unspecified atom stereocenters. The molecule has 0 radical (unpaired) electrons. The van der Waals surface area contributed by atoms with Gasteiger partial charge in [-0.2, -0.15) is 18.2 Å². The van der Waals surface area contributed by atoms with Crippen LogP contribution in [0.15, 0.2) is 89.9 Å². The molecule has 1 aliphatic heterocycles. The number of aromatic nitrogens is 3. The van der Waals surface area contributed by atoms with E-state index < -0.39 is 58.6 Å². The van der Waals surface area contributed by atoms with Gasteiger partial charge in [0.25, 0.3) is 5.56 Å². The first kappa shape index (κ1) is 49.4. The number of aliphatic hydroxyl groups excluding tert-OH is 2. The fraction of sp³-hybridized carbons (Fsp3) is 0.356. The van der Waals surface area contributed by atoms with Crippen molar-refractivity contribution in [2.45, 2.75) is 82.6 Å². The zero-order chi connectivity index (χ0) is 47.8. The summed E-state index contributed by atoms with van der Waals surface area (Å²) in [6.07, 6.45) is -6.40. The highest BCUT2D eigenvalue weighted by Gasteiger charge is 2.39. The molecule has 1 aliphatic rings. The minimum Gasteiger partial charge on any atom is -0.479 e. The summed E-state index contributed by atoms with van der Waals surface area (Å²) in [6, 6.07) is 18.8. The summed E-state index contributed by atoms with van der Waals surface area (Å²) in [5.41, 5.74) is 0.195. The molecule has 0 spiro atoms. The normalized spacial score (nSPS) is 14.5. The second-order valence-electron chi connectivity index (χ2n) is 15.6. The number of methoxy groups -OCH3 is 1. The van der Waals surface area contributed by atoms with Crippen molar-refractivity contribution >= 4 is 34.8 Å². The van der Waals surface area contributed by atoms with E-state index in [4.69, 9.17) is 25.2 Å². The predicted molar refractivity (Wildman–Crippen MR) is 223 cm³/mol. The monoisotopic (exact) mass is 911 g/mol. The van der Waals surface area contributed by atoms with Crippen LogP contribution < -0.4 is 5.56 Å². The molecule has 4 N–H and O–H groups in total. The highest BCUT2D eigenvalue weighted by molar-refractivity contribution is 5.83. The number of carboxylic acids is 2. The van der Waals surface area contributed by atoms with Crippen LogP contribution in [0, 0.1) is 11.6 Å². The molecular weight excluding hydrogens is 866 g/mol. The predicted octanol–water partition coefficient (Wildman–Crippen LogP) is 4.86. The van der Waals surface area contributed by atoms with E-state index >= 15 is 0 Å². The van der Waals surface area contributed by atoms with Crippen LogP contribution in [0.3, 0.4) is 0 Å². The fourth-order valence-electron chi connectivity index (χ4n) is 7.37. The first-order valence-electron chi connectivity index (χ1n) is 20.1. The van der Waals surface area contributed by atoms with Crippen LogP contribution in [0.4, 0.5) is 22.0 Å². The van der Waals surface area contributed by atoms with E-state index in [1.807, 2.05) is 17.0 Å². The summed E-state index contributed by atoms with van der Waals surface area (Å²) in [7, 11) is 1.34. The van der Waals surface area contributed by atoms with Gasteiger partial charge < -0.3 is 34.6 Å². The fourth-order valence-corrected chi connectivity index (χ4v) is 7.37. The molecule has 0 saturated carbocycles. The summed E-state index contributed by atoms with van der Waals surface area (Å²) < 4.78 is 74.6. The van der Waals surface area contributed by atoms with Crippen molar-refractivity contribution < 1.29 is 66.3 Å². The number of hydrogen-bond donors (Lipinski definition) is 4. The van der Waals surface area contributed by atoms with Gasteiger partial charge in [0, 0.05) is 38.3 Å². The third-order valence-electron chi connectivity index (χ3n) is 11.1. The van der Waals surface area contributed by atoms with Gasteiger partial charge in [0.2, 0.25) is 5.91 Å². The number of hydrogen-bond acceptors (Lipinski definition) is 11. The Balaban J connectivity index is 0.000000709. The van der Waals surface area contributed by atoms with Gasteiger partial charge in [-0.1, -0.05) is 48.5 Å². The number of aryl methyl sites for hydroxylation is 2. The lowest BCUT2D eigenvalue weighted by Crippen LogP contribution is -2.56. The molecule has 6 rings (SSSR count). The first-order valence-corrected chi connectivity index (χ1v) is 20.1. The lowest BCUT2D eigenvalue weighted by molar-refractivity contribution is -0.165. The molecule has 3 heterocycles. The molecular formula is C45H46F5N5O10. The Kier molecular flexibility index (Phi) is 15.9. The summed E-state index contributed by atoms with van der Waals surface area (Å²) in [5.74, 6) is -6.03. The third-order valence-corrected chi connectivity index (χ3v) is 11.1. The van der Waals surface area contributed by atoms with Gasteiger partial charge in [0.15, 0.2) is 23.8 Å². The first-order chi connectivity index (χ1) is 30.6. The van der Waals surface area contributed by atoms with Crippen molar-refractivity contribution in [2.24, 2.45) is 0 Å². The van der Waals surface area contributed by atoms with Crippen molar-refractivity contribution in [3.63, 3.8) is 0 Å². The van der Waals surface area contributed by atoms with Crippen LogP contribution in [-0.4, -0.2) is 113 Å². The maximum absolute atomic E-state index is 14.6. The zero-order valence-electron chi connectivity index (χ0n) is 35.3. The number of halogens is 5. The Labute approximate surface area is 368 Å². The number of ether oxygens (including phenoxy) is 1. The molecule has 15 nitrogen and oxygen atoms in total. The van der Waals surface area contributed by atoms with E-state index in [0.717, 1.165) is 23.8 Å². The molecule has 2 atom stereocenters. The van der Waals surface area contributed by atoms with Gasteiger partial charge in [-0.25, -0.2) is 23.4 Å². The number of carbonyl (C=O) groups is 4. The van der Waals surface area contributed by atoms with Gasteiger partial charge in [0.05, 0.1) is 18.1 Å². The highest BCUT2D eigenvalue weighted by Crippen LogP contribution is 2.32. The molecule has 1 fully saturated rings. The van der Waals surface area contributed by atoms with Crippen molar-refractivity contribution in [1.82, 2.24) is 24.3 Å². The van der Waals surface area contributed by atoms with Crippen LogP contribution in [0.2, 0.25) is 0 Å². The summed E-state index contributed by atoms with van der Waals surface area (Å²) in [5, 5.41) is 32.7. The second kappa shape index (κ2) is 20.9. The van der Waals surface area contributed by atoms with Crippen molar-refractivity contribution in [1.29, 1.82) is 0 Å². The second-order valence-corrected chi connectivity index (χ2v) is 15.6. The number of alkyl halides is 3. The summed E-state index contributed by atoms with van der Waals surface area (Å²) >= 11 is 0. The third kappa shape index (κ3) is 11.9. The number of pyridine rings is 1. The summed E-state index contributed by atoms with van der Waals surface area (Å²) in [6.45, 7) is 4.49. The molecule has 1 saturated heterocycles. The number of carbonyl (C=O) groups excluding carboxylic acids is 2. The Bertz CT molecular complexity index is 2550. The quantitative estimate of drug-likeness (QED) is 0.0867.